The number of carbonyl (C=O) groups is 1. The number of hydrogen-bond acceptors (Lipinski definition) is 3. The predicted octanol–water partition coefficient (Wildman–Crippen LogP) is 3.32. The van der Waals surface area contributed by atoms with Crippen molar-refractivity contribution in [3.8, 4) is 0 Å². The van der Waals surface area contributed by atoms with Crippen LogP contribution in [0.4, 0.5) is 4.79 Å². The number of aliphatic hydroxyl groups is 1. The lowest BCUT2D eigenvalue weighted by Crippen LogP contribution is -2.16. The van der Waals surface area contributed by atoms with Gasteiger partial charge in [-0.3, -0.25) is 4.79 Å². The van der Waals surface area contributed by atoms with Crippen LogP contribution in [0.3, 0.4) is 0 Å². The molecule has 0 radical (unpaired) electrons. The molecule has 3 nitrogen and oxygen atoms in total. The van der Waals surface area contributed by atoms with Gasteiger partial charge in [-0.25, -0.2) is 0 Å². The summed E-state index contributed by atoms with van der Waals surface area (Å²) in [6.45, 7) is 3.99. The van der Waals surface area contributed by atoms with Gasteiger partial charge in [0.2, 0.25) is 0 Å². The lowest BCUT2D eigenvalue weighted by Gasteiger charge is -2.14. The molecule has 0 aliphatic heterocycles. The SMILES string of the molecule is CN(C)C(=O)SC1=CC=CC(C)(C)C=C1O. The summed E-state index contributed by atoms with van der Waals surface area (Å²) in [4.78, 5) is 13.6. The van der Waals surface area contributed by atoms with Gasteiger partial charge in [0, 0.05) is 19.5 Å². The second-order valence-electron chi connectivity index (χ2n) is 4.50. The fourth-order valence-corrected chi connectivity index (χ4v) is 1.89. The van der Waals surface area contributed by atoms with Gasteiger partial charge in [-0.1, -0.05) is 26.0 Å². The molecule has 4 heteroatoms. The van der Waals surface area contributed by atoms with E-state index in [9.17, 15) is 9.90 Å². The van der Waals surface area contributed by atoms with Crippen LogP contribution in [0.2, 0.25) is 0 Å². The highest BCUT2D eigenvalue weighted by atomic mass is 32.2. The fourth-order valence-electron chi connectivity index (χ4n) is 1.21. The van der Waals surface area contributed by atoms with Gasteiger partial charge in [0.15, 0.2) is 0 Å². The minimum atomic E-state index is -0.190. The van der Waals surface area contributed by atoms with Crippen LogP contribution in [0, 0.1) is 5.41 Å². The number of carbonyl (C=O) groups excluding carboxylic acids is 1. The Morgan fingerprint density at radius 2 is 2.06 bits per heavy atom. The van der Waals surface area contributed by atoms with E-state index in [4.69, 9.17) is 0 Å². The van der Waals surface area contributed by atoms with E-state index in [2.05, 4.69) is 0 Å². The van der Waals surface area contributed by atoms with Crippen molar-refractivity contribution in [2.45, 2.75) is 13.8 Å². The first-order valence-electron chi connectivity index (χ1n) is 5.03. The van der Waals surface area contributed by atoms with E-state index in [1.807, 2.05) is 26.0 Å². The second kappa shape index (κ2) is 4.78. The molecule has 0 spiro atoms. The average molecular weight is 239 g/mol. The molecule has 0 saturated carbocycles. The molecule has 0 fully saturated rings. The van der Waals surface area contributed by atoms with Crippen LogP contribution < -0.4 is 0 Å². The summed E-state index contributed by atoms with van der Waals surface area (Å²) < 4.78 is 0. The van der Waals surface area contributed by atoms with Gasteiger partial charge in [0.1, 0.15) is 5.76 Å². The maximum Gasteiger partial charge on any atom is 0.286 e. The molecule has 0 aromatic rings. The maximum atomic E-state index is 11.5. The number of nitrogens with zero attached hydrogens (tertiary/aromatic N) is 1. The summed E-state index contributed by atoms with van der Waals surface area (Å²) in [6, 6.07) is 0. The van der Waals surface area contributed by atoms with Gasteiger partial charge in [0.05, 0.1) is 4.91 Å². The molecule has 0 aromatic heterocycles. The highest BCUT2D eigenvalue weighted by Crippen LogP contribution is 2.31. The summed E-state index contributed by atoms with van der Waals surface area (Å²) in [6.07, 6.45) is 7.35. The largest absolute Gasteiger partial charge is 0.507 e. The molecule has 1 amide bonds. The molecule has 0 unspecified atom stereocenters. The first kappa shape index (κ1) is 12.9. The first-order valence-corrected chi connectivity index (χ1v) is 5.84. The molecular formula is C12H17NO2S. The molecule has 88 valence electrons. The summed E-state index contributed by atoms with van der Waals surface area (Å²) in [5.74, 6) is 0.162. The van der Waals surface area contributed by atoms with E-state index >= 15 is 0 Å². The lowest BCUT2D eigenvalue weighted by molar-refractivity contribution is 0.241. The third kappa shape index (κ3) is 3.45. The van der Waals surface area contributed by atoms with Crippen LogP contribution in [-0.2, 0) is 0 Å². The zero-order chi connectivity index (χ0) is 12.3. The number of aliphatic hydroxyl groups excluding tert-OH is 1. The van der Waals surface area contributed by atoms with Crippen molar-refractivity contribution < 1.29 is 9.90 Å². The van der Waals surface area contributed by atoms with Crippen LogP contribution in [-0.4, -0.2) is 29.3 Å². The van der Waals surface area contributed by atoms with Gasteiger partial charge in [-0.15, -0.1) is 0 Å². The second-order valence-corrected chi connectivity index (χ2v) is 5.50. The zero-order valence-corrected chi connectivity index (χ0v) is 10.8. The van der Waals surface area contributed by atoms with E-state index in [-0.39, 0.29) is 16.4 Å². The summed E-state index contributed by atoms with van der Waals surface area (Å²) in [5, 5.41) is 9.78. The monoisotopic (exact) mass is 239 g/mol. The molecule has 1 aliphatic rings. The van der Waals surface area contributed by atoms with Crippen molar-refractivity contribution in [1.82, 2.24) is 4.90 Å². The number of rotatable bonds is 1. The summed E-state index contributed by atoms with van der Waals surface area (Å²) >= 11 is 1.03. The third-order valence-corrected chi connectivity index (χ3v) is 3.20. The minimum absolute atomic E-state index is 0.0979. The van der Waals surface area contributed by atoms with Crippen molar-refractivity contribution in [3.05, 3.63) is 35.0 Å². The standard InChI is InChI=1S/C12H17NO2S/c1-12(2)7-5-6-10(9(14)8-12)16-11(15)13(3)4/h5-8,14H,1-4H3. The predicted molar refractivity (Wildman–Crippen MR) is 68.4 cm³/mol. The Morgan fingerprint density at radius 3 is 2.62 bits per heavy atom. The Kier molecular flexibility index (Phi) is 3.86. The molecule has 1 N–H and O–H groups in total. The number of amides is 1. The van der Waals surface area contributed by atoms with Gasteiger partial charge < -0.3 is 10.0 Å². The van der Waals surface area contributed by atoms with Crippen LogP contribution in [0.5, 0.6) is 0 Å². The number of allylic oxidation sites excluding steroid dienone is 4. The zero-order valence-electron chi connectivity index (χ0n) is 10.0. The van der Waals surface area contributed by atoms with Crippen LogP contribution >= 0.6 is 11.8 Å². The number of thioether (sulfide) groups is 1. The van der Waals surface area contributed by atoms with Crippen LogP contribution in [0.25, 0.3) is 0 Å². The van der Waals surface area contributed by atoms with Gasteiger partial charge in [-0.2, -0.15) is 0 Å². The van der Waals surface area contributed by atoms with Crippen molar-refractivity contribution in [1.29, 1.82) is 0 Å². The van der Waals surface area contributed by atoms with E-state index in [0.29, 0.717) is 4.91 Å². The highest BCUT2D eigenvalue weighted by molar-refractivity contribution is 8.17. The van der Waals surface area contributed by atoms with Crippen molar-refractivity contribution in [2.75, 3.05) is 14.1 Å². The van der Waals surface area contributed by atoms with Crippen molar-refractivity contribution in [3.63, 3.8) is 0 Å². The van der Waals surface area contributed by atoms with E-state index in [0.717, 1.165) is 11.8 Å². The fraction of sp³-hybridized carbons (Fsp3) is 0.417. The molecule has 0 aromatic carbocycles. The Balaban J connectivity index is 2.87. The Morgan fingerprint density at radius 1 is 1.44 bits per heavy atom. The van der Waals surface area contributed by atoms with Crippen molar-refractivity contribution >= 4 is 17.0 Å². The minimum Gasteiger partial charge on any atom is -0.507 e. The Labute approximate surface area is 101 Å². The van der Waals surface area contributed by atoms with Gasteiger partial charge in [0.25, 0.3) is 5.24 Å². The molecule has 0 bridgehead atoms. The molecule has 0 saturated heterocycles. The molecule has 0 atom stereocenters. The topological polar surface area (TPSA) is 40.5 Å². The number of hydrogen-bond donors (Lipinski definition) is 1. The summed E-state index contributed by atoms with van der Waals surface area (Å²) in [5.41, 5.74) is -0.190. The molecule has 0 heterocycles. The van der Waals surface area contributed by atoms with Crippen molar-refractivity contribution in [2.24, 2.45) is 5.41 Å². The van der Waals surface area contributed by atoms with Crippen LogP contribution in [0.1, 0.15) is 13.8 Å². The molecule has 1 rings (SSSR count). The molecule has 16 heavy (non-hydrogen) atoms. The van der Waals surface area contributed by atoms with E-state index in [1.54, 1.807) is 26.2 Å². The maximum absolute atomic E-state index is 11.5. The quantitative estimate of drug-likeness (QED) is 0.763. The van der Waals surface area contributed by atoms with E-state index in [1.165, 1.54) is 4.90 Å². The summed E-state index contributed by atoms with van der Waals surface area (Å²) in [7, 11) is 3.38. The smallest absolute Gasteiger partial charge is 0.286 e. The van der Waals surface area contributed by atoms with E-state index < -0.39 is 0 Å². The molecule has 1 aliphatic carbocycles. The first-order chi connectivity index (χ1) is 7.32. The molecular weight excluding hydrogens is 222 g/mol. The normalized spacial score (nSPS) is 18.5. The Hall–Kier alpha value is -1.16. The van der Waals surface area contributed by atoms with Crippen LogP contribution in [0.15, 0.2) is 35.0 Å². The van der Waals surface area contributed by atoms with Gasteiger partial charge >= 0.3 is 0 Å². The lowest BCUT2D eigenvalue weighted by atomic mass is 9.93. The average Bonchev–Trinajstić information content (AvgIpc) is 2.25. The van der Waals surface area contributed by atoms with Gasteiger partial charge in [-0.05, 0) is 23.9 Å². The third-order valence-electron chi connectivity index (χ3n) is 2.10. The highest BCUT2D eigenvalue weighted by Gasteiger charge is 2.18. The Bertz CT molecular complexity index is 378.